The first-order valence-corrected chi connectivity index (χ1v) is 8.68. The molecule has 3 aromatic rings. The highest BCUT2D eigenvalue weighted by Crippen LogP contribution is 2.23. The minimum absolute atomic E-state index is 0.0251. The minimum Gasteiger partial charge on any atom is -0.459 e. The highest BCUT2D eigenvalue weighted by molar-refractivity contribution is 5.81. The number of benzene rings is 1. The summed E-state index contributed by atoms with van der Waals surface area (Å²) in [6.45, 7) is 8.38. The van der Waals surface area contributed by atoms with Crippen molar-refractivity contribution >= 4 is 16.9 Å². The zero-order valence-corrected chi connectivity index (χ0v) is 15.0. The zero-order chi connectivity index (χ0) is 17.6. The average Bonchev–Trinajstić information content (AvgIpc) is 3.21. The van der Waals surface area contributed by atoms with Gasteiger partial charge in [0.1, 0.15) is 11.3 Å². The number of nitrogens with one attached hydrogen (secondary N) is 2. The maximum absolute atomic E-state index is 5.93. The Morgan fingerprint density at radius 3 is 2.92 bits per heavy atom. The number of para-hydroxylation sites is 1. The number of rotatable bonds is 6. The van der Waals surface area contributed by atoms with Gasteiger partial charge in [-0.1, -0.05) is 18.2 Å². The molecule has 2 N–H and O–H groups in total. The van der Waals surface area contributed by atoms with Crippen LogP contribution in [0.2, 0.25) is 0 Å². The van der Waals surface area contributed by atoms with E-state index in [1.807, 2.05) is 42.2 Å². The number of guanidine groups is 1. The molecule has 6 nitrogen and oxygen atoms in total. The van der Waals surface area contributed by atoms with Crippen LogP contribution in [0.15, 0.2) is 52.1 Å². The predicted octanol–water partition coefficient (Wildman–Crippen LogP) is 3.25. The van der Waals surface area contributed by atoms with Gasteiger partial charge in [-0.05, 0) is 38.5 Å². The van der Waals surface area contributed by atoms with Gasteiger partial charge in [-0.25, -0.2) is 0 Å². The van der Waals surface area contributed by atoms with Gasteiger partial charge >= 0.3 is 0 Å². The number of aryl methyl sites for hydroxylation is 1. The van der Waals surface area contributed by atoms with Crippen LogP contribution in [0.25, 0.3) is 11.0 Å². The second kappa shape index (κ2) is 7.88. The number of fused-ring (bicyclic) bond motifs is 1. The number of nitrogens with zero attached hydrogens (tertiary/aromatic N) is 3. The molecule has 0 aliphatic carbocycles. The van der Waals surface area contributed by atoms with Crippen LogP contribution < -0.4 is 10.6 Å². The van der Waals surface area contributed by atoms with Crippen molar-refractivity contribution in [3.05, 3.63) is 54.0 Å². The summed E-state index contributed by atoms with van der Waals surface area (Å²) in [5.41, 5.74) is 2.06. The fourth-order valence-electron chi connectivity index (χ4n) is 2.67. The molecule has 0 amide bonds. The summed E-state index contributed by atoms with van der Waals surface area (Å²) in [5.74, 6) is 1.67. The van der Waals surface area contributed by atoms with E-state index < -0.39 is 0 Å². The van der Waals surface area contributed by atoms with Gasteiger partial charge in [-0.15, -0.1) is 0 Å². The molecular weight excluding hydrogens is 314 g/mol. The standard InChI is InChI=1S/C19H25N5O/c1-4-20-19(21-9-10-24-13-14(2)12-22-24)23-15(3)18-11-16-7-5-6-8-17(16)25-18/h5-8,11-13,15H,4,9-10H2,1-3H3,(H2,20,21,23). The third-order valence-electron chi connectivity index (χ3n) is 3.93. The van der Waals surface area contributed by atoms with Crippen LogP contribution in [-0.2, 0) is 6.54 Å². The molecule has 0 aliphatic rings. The minimum atomic E-state index is 0.0251. The Morgan fingerprint density at radius 2 is 2.20 bits per heavy atom. The first-order chi connectivity index (χ1) is 12.2. The number of hydrogen-bond donors (Lipinski definition) is 2. The van der Waals surface area contributed by atoms with Crippen LogP contribution in [0.5, 0.6) is 0 Å². The molecule has 1 atom stereocenters. The quantitative estimate of drug-likeness (QED) is 0.534. The van der Waals surface area contributed by atoms with Crippen LogP contribution in [0, 0.1) is 6.92 Å². The van der Waals surface area contributed by atoms with Crippen molar-refractivity contribution in [3.8, 4) is 0 Å². The van der Waals surface area contributed by atoms with E-state index in [1.165, 1.54) is 0 Å². The number of aliphatic imine (C=N–C) groups is 1. The van der Waals surface area contributed by atoms with E-state index in [4.69, 9.17) is 4.42 Å². The van der Waals surface area contributed by atoms with E-state index in [2.05, 4.69) is 46.7 Å². The molecule has 0 radical (unpaired) electrons. The SMILES string of the molecule is CCNC(=NCCn1cc(C)cn1)NC(C)c1cc2ccccc2o1. The van der Waals surface area contributed by atoms with Gasteiger partial charge in [0.15, 0.2) is 5.96 Å². The lowest BCUT2D eigenvalue weighted by atomic mass is 10.2. The number of furan rings is 1. The molecule has 0 saturated heterocycles. The third-order valence-corrected chi connectivity index (χ3v) is 3.93. The fraction of sp³-hybridized carbons (Fsp3) is 0.368. The fourth-order valence-corrected chi connectivity index (χ4v) is 2.67. The summed E-state index contributed by atoms with van der Waals surface area (Å²) in [5, 5.41) is 12.1. The molecule has 0 fully saturated rings. The van der Waals surface area contributed by atoms with Crippen LogP contribution in [0.1, 0.15) is 31.2 Å². The Bertz CT molecular complexity index is 815. The van der Waals surface area contributed by atoms with Crippen LogP contribution >= 0.6 is 0 Å². The normalized spacial score (nSPS) is 13.2. The number of aromatic nitrogens is 2. The Hall–Kier alpha value is -2.76. The lowest BCUT2D eigenvalue weighted by Gasteiger charge is -2.16. The van der Waals surface area contributed by atoms with Crippen molar-refractivity contribution in [3.63, 3.8) is 0 Å². The smallest absolute Gasteiger partial charge is 0.191 e. The summed E-state index contributed by atoms with van der Waals surface area (Å²) in [6, 6.07) is 10.1. The predicted molar refractivity (Wildman–Crippen MR) is 101 cm³/mol. The van der Waals surface area contributed by atoms with Crippen molar-refractivity contribution in [1.82, 2.24) is 20.4 Å². The second-order valence-electron chi connectivity index (χ2n) is 6.09. The van der Waals surface area contributed by atoms with E-state index in [0.29, 0.717) is 6.54 Å². The molecule has 0 spiro atoms. The van der Waals surface area contributed by atoms with Crippen molar-refractivity contribution in [2.45, 2.75) is 33.4 Å². The van der Waals surface area contributed by atoms with E-state index >= 15 is 0 Å². The highest BCUT2D eigenvalue weighted by atomic mass is 16.3. The van der Waals surface area contributed by atoms with Crippen molar-refractivity contribution in [1.29, 1.82) is 0 Å². The lowest BCUT2D eigenvalue weighted by Crippen LogP contribution is -2.38. The average molecular weight is 339 g/mol. The number of hydrogen-bond acceptors (Lipinski definition) is 3. The van der Waals surface area contributed by atoms with Crippen molar-refractivity contribution in [2.24, 2.45) is 4.99 Å². The molecule has 1 aromatic carbocycles. The monoisotopic (exact) mass is 339 g/mol. The topological polar surface area (TPSA) is 67.4 Å². The highest BCUT2D eigenvalue weighted by Gasteiger charge is 2.12. The van der Waals surface area contributed by atoms with E-state index in [1.54, 1.807) is 0 Å². The third kappa shape index (κ3) is 4.41. The van der Waals surface area contributed by atoms with Crippen molar-refractivity contribution in [2.75, 3.05) is 13.1 Å². The van der Waals surface area contributed by atoms with Gasteiger partial charge in [0.25, 0.3) is 0 Å². The van der Waals surface area contributed by atoms with Crippen LogP contribution in [0.4, 0.5) is 0 Å². The van der Waals surface area contributed by atoms with Crippen molar-refractivity contribution < 1.29 is 4.42 Å². The molecular formula is C19H25N5O. The molecule has 3 rings (SSSR count). The molecule has 0 bridgehead atoms. The molecule has 2 heterocycles. The first kappa shape index (κ1) is 17.1. The van der Waals surface area contributed by atoms with Crippen LogP contribution in [-0.4, -0.2) is 28.8 Å². The Balaban J connectivity index is 1.64. The Kier molecular flexibility index (Phi) is 5.38. The molecule has 1 unspecified atom stereocenters. The summed E-state index contributed by atoms with van der Waals surface area (Å²) in [4.78, 5) is 4.63. The molecule has 6 heteroatoms. The molecule has 0 saturated carbocycles. The maximum atomic E-state index is 5.93. The van der Waals surface area contributed by atoms with Gasteiger partial charge < -0.3 is 15.1 Å². The van der Waals surface area contributed by atoms with E-state index in [-0.39, 0.29) is 6.04 Å². The first-order valence-electron chi connectivity index (χ1n) is 8.68. The molecule has 25 heavy (non-hydrogen) atoms. The summed E-state index contributed by atoms with van der Waals surface area (Å²) < 4.78 is 7.83. The van der Waals surface area contributed by atoms with Gasteiger partial charge in [-0.3, -0.25) is 9.67 Å². The van der Waals surface area contributed by atoms with E-state index in [9.17, 15) is 0 Å². The maximum Gasteiger partial charge on any atom is 0.191 e. The van der Waals surface area contributed by atoms with E-state index in [0.717, 1.165) is 41.3 Å². The molecule has 2 aromatic heterocycles. The Morgan fingerprint density at radius 1 is 1.36 bits per heavy atom. The summed E-state index contributed by atoms with van der Waals surface area (Å²) >= 11 is 0. The Labute approximate surface area is 147 Å². The van der Waals surface area contributed by atoms with Gasteiger partial charge in [0, 0.05) is 18.1 Å². The van der Waals surface area contributed by atoms with Gasteiger partial charge in [0.2, 0.25) is 0 Å². The largest absolute Gasteiger partial charge is 0.459 e. The van der Waals surface area contributed by atoms with Crippen LogP contribution in [0.3, 0.4) is 0 Å². The van der Waals surface area contributed by atoms with Gasteiger partial charge in [0.05, 0.1) is 25.3 Å². The summed E-state index contributed by atoms with van der Waals surface area (Å²) in [7, 11) is 0. The summed E-state index contributed by atoms with van der Waals surface area (Å²) in [6.07, 6.45) is 3.88. The lowest BCUT2D eigenvalue weighted by molar-refractivity contribution is 0.488. The van der Waals surface area contributed by atoms with Gasteiger partial charge in [-0.2, -0.15) is 5.10 Å². The molecule has 0 aliphatic heterocycles. The molecule has 132 valence electrons. The second-order valence-corrected chi connectivity index (χ2v) is 6.09. The zero-order valence-electron chi connectivity index (χ0n) is 15.0.